The van der Waals surface area contributed by atoms with Crippen LogP contribution in [-0.4, -0.2) is 30.2 Å². The highest BCUT2D eigenvalue weighted by atomic mass is 19.4. The largest absolute Gasteiger partial charge is 0.435 e. The standard InChI is InChI=1S/C27H23F3N6O/c1-16(2)11-19-12-17(26(31)37)8-9-21(19)36-23-7-3-6-22(24(23)25(34-36)27(28,29)30)35-14-20(33-15-35)18-5-4-10-32-13-18/h3-10,12-16H,11H2,1-2H3,(H2,31,37). The van der Waals surface area contributed by atoms with Gasteiger partial charge >= 0.3 is 6.18 Å². The van der Waals surface area contributed by atoms with Crippen molar-refractivity contribution in [3.8, 4) is 22.6 Å². The Morgan fingerprint density at radius 2 is 1.89 bits per heavy atom. The molecule has 0 bridgehead atoms. The van der Waals surface area contributed by atoms with Crippen molar-refractivity contribution in [2.24, 2.45) is 11.7 Å². The number of fused-ring (bicyclic) bond motifs is 1. The number of hydrogen-bond donors (Lipinski definition) is 1. The van der Waals surface area contributed by atoms with E-state index in [-0.39, 0.29) is 28.1 Å². The summed E-state index contributed by atoms with van der Waals surface area (Å²) in [5.41, 5.74) is 7.75. The Labute approximate surface area is 210 Å². The Morgan fingerprint density at radius 3 is 2.57 bits per heavy atom. The number of pyridine rings is 1. The Balaban J connectivity index is 1.74. The van der Waals surface area contributed by atoms with Gasteiger partial charge in [0, 0.05) is 29.7 Å². The van der Waals surface area contributed by atoms with Gasteiger partial charge in [0.05, 0.1) is 34.3 Å². The molecule has 5 aromatic rings. The van der Waals surface area contributed by atoms with E-state index in [0.29, 0.717) is 23.4 Å². The van der Waals surface area contributed by atoms with Crippen molar-refractivity contribution in [2.45, 2.75) is 26.4 Å². The van der Waals surface area contributed by atoms with Crippen LogP contribution >= 0.6 is 0 Å². The molecule has 188 valence electrons. The van der Waals surface area contributed by atoms with E-state index >= 15 is 0 Å². The summed E-state index contributed by atoms with van der Waals surface area (Å²) in [7, 11) is 0. The number of nitrogens with zero attached hydrogens (tertiary/aromatic N) is 5. The number of amides is 1. The molecule has 0 aliphatic rings. The van der Waals surface area contributed by atoms with Crippen molar-refractivity contribution in [1.29, 1.82) is 0 Å². The van der Waals surface area contributed by atoms with Gasteiger partial charge in [-0.15, -0.1) is 0 Å². The van der Waals surface area contributed by atoms with Crippen molar-refractivity contribution in [3.05, 3.63) is 90.3 Å². The first-order valence-corrected chi connectivity index (χ1v) is 11.6. The minimum atomic E-state index is -4.71. The maximum absolute atomic E-state index is 14.3. The molecule has 0 radical (unpaired) electrons. The lowest BCUT2D eigenvalue weighted by Gasteiger charge is -2.14. The lowest BCUT2D eigenvalue weighted by Crippen LogP contribution is -2.13. The van der Waals surface area contributed by atoms with Crippen LogP contribution in [0, 0.1) is 5.92 Å². The van der Waals surface area contributed by atoms with Gasteiger partial charge in [0.15, 0.2) is 5.69 Å². The first-order chi connectivity index (χ1) is 17.6. The molecule has 10 heteroatoms. The van der Waals surface area contributed by atoms with Crippen molar-refractivity contribution in [1.82, 2.24) is 24.3 Å². The molecule has 0 spiro atoms. The lowest BCUT2D eigenvalue weighted by atomic mass is 9.98. The normalized spacial score (nSPS) is 11.9. The van der Waals surface area contributed by atoms with Crippen molar-refractivity contribution >= 4 is 16.8 Å². The zero-order valence-corrected chi connectivity index (χ0v) is 20.1. The van der Waals surface area contributed by atoms with E-state index in [9.17, 15) is 18.0 Å². The fourth-order valence-corrected chi connectivity index (χ4v) is 4.42. The highest BCUT2D eigenvalue weighted by Crippen LogP contribution is 2.39. The molecule has 0 unspecified atom stereocenters. The zero-order valence-electron chi connectivity index (χ0n) is 20.1. The van der Waals surface area contributed by atoms with Crippen molar-refractivity contribution < 1.29 is 18.0 Å². The average molecular weight is 505 g/mol. The molecular weight excluding hydrogens is 481 g/mol. The molecule has 5 rings (SSSR count). The van der Waals surface area contributed by atoms with E-state index in [2.05, 4.69) is 15.1 Å². The van der Waals surface area contributed by atoms with E-state index in [0.717, 1.165) is 5.56 Å². The highest BCUT2D eigenvalue weighted by molar-refractivity contribution is 5.94. The van der Waals surface area contributed by atoms with Crippen LogP contribution in [0.4, 0.5) is 13.2 Å². The summed E-state index contributed by atoms with van der Waals surface area (Å²) in [4.78, 5) is 20.2. The molecular formula is C27H23F3N6O. The number of carbonyl (C=O) groups is 1. The average Bonchev–Trinajstić information content (AvgIpc) is 3.50. The molecule has 7 nitrogen and oxygen atoms in total. The summed E-state index contributed by atoms with van der Waals surface area (Å²) < 4.78 is 45.8. The number of carbonyl (C=O) groups excluding carboxylic acids is 1. The first-order valence-electron chi connectivity index (χ1n) is 11.6. The molecule has 0 saturated carbocycles. The quantitative estimate of drug-likeness (QED) is 0.326. The number of benzene rings is 2. The molecule has 37 heavy (non-hydrogen) atoms. The second-order valence-electron chi connectivity index (χ2n) is 9.14. The van der Waals surface area contributed by atoms with E-state index in [4.69, 9.17) is 5.73 Å². The number of primary amides is 1. The fraction of sp³-hybridized carbons (Fsp3) is 0.185. The number of halogens is 3. The van der Waals surface area contributed by atoms with Gasteiger partial charge in [0.25, 0.3) is 0 Å². The van der Waals surface area contributed by atoms with Gasteiger partial charge in [-0.3, -0.25) is 9.78 Å². The van der Waals surface area contributed by atoms with E-state index < -0.39 is 17.8 Å². The van der Waals surface area contributed by atoms with Crippen LogP contribution in [0.25, 0.3) is 33.5 Å². The Bertz CT molecular complexity index is 1600. The Kier molecular flexibility index (Phi) is 6.02. The molecule has 0 fully saturated rings. The highest BCUT2D eigenvalue weighted by Gasteiger charge is 2.38. The van der Waals surface area contributed by atoms with Gasteiger partial charge in [-0.25, -0.2) is 9.67 Å². The summed E-state index contributed by atoms with van der Waals surface area (Å²) in [6.07, 6.45) is 2.22. The second-order valence-corrected chi connectivity index (χ2v) is 9.14. The van der Waals surface area contributed by atoms with Crippen LogP contribution in [0.5, 0.6) is 0 Å². The minimum absolute atomic E-state index is 0.0559. The predicted octanol–water partition coefficient (Wildman–Crippen LogP) is 5.59. The molecule has 3 aromatic heterocycles. The van der Waals surface area contributed by atoms with Gasteiger partial charge in [0.2, 0.25) is 5.91 Å². The minimum Gasteiger partial charge on any atom is -0.366 e. The maximum Gasteiger partial charge on any atom is 0.435 e. The van der Waals surface area contributed by atoms with E-state index in [1.807, 2.05) is 19.9 Å². The third kappa shape index (κ3) is 4.57. The first kappa shape index (κ1) is 24.2. The van der Waals surface area contributed by atoms with Gasteiger partial charge in [-0.05, 0) is 60.4 Å². The van der Waals surface area contributed by atoms with Crippen molar-refractivity contribution in [2.75, 3.05) is 0 Å². The third-order valence-electron chi connectivity index (χ3n) is 5.99. The number of rotatable bonds is 6. The molecule has 0 atom stereocenters. The monoisotopic (exact) mass is 504 g/mol. The number of alkyl halides is 3. The van der Waals surface area contributed by atoms with Gasteiger partial charge < -0.3 is 10.3 Å². The number of imidazole rings is 1. The van der Waals surface area contributed by atoms with Gasteiger partial charge in [-0.1, -0.05) is 19.9 Å². The third-order valence-corrected chi connectivity index (χ3v) is 5.99. The van der Waals surface area contributed by atoms with Crippen LogP contribution < -0.4 is 5.73 Å². The van der Waals surface area contributed by atoms with Crippen LogP contribution in [0.15, 0.2) is 73.4 Å². The molecule has 2 aromatic carbocycles. The van der Waals surface area contributed by atoms with Crippen LogP contribution in [0.3, 0.4) is 0 Å². The molecule has 0 aliphatic heterocycles. The molecule has 1 amide bonds. The molecule has 0 saturated heterocycles. The summed E-state index contributed by atoms with van der Waals surface area (Å²) in [5, 5.41) is 4.00. The van der Waals surface area contributed by atoms with Gasteiger partial charge in [-0.2, -0.15) is 18.3 Å². The summed E-state index contributed by atoms with van der Waals surface area (Å²) in [6.45, 7) is 3.97. The smallest absolute Gasteiger partial charge is 0.366 e. The predicted molar refractivity (Wildman–Crippen MR) is 133 cm³/mol. The van der Waals surface area contributed by atoms with Gasteiger partial charge in [0.1, 0.15) is 0 Å². The van der Waals surface area contributed by atoms with Crippen molar-refractivity contribution in [3.63, 3.8) is 0 Å². The topological polar surface area (TPSA) is 91.6 Å². The summed E-state index contributed by atoms with van der Waals surface area (Å²) >= 11 is 0. The number of aromatic nitrogens is 5. The number of hydrogen-bond acceptors (Lipinski definition) is 4. The second kappa shape index (κ2) is 9.20. The van der Waals surface area contributed by atoms with Crippen LogP contribution in [-0.2, 0) is 12.6 Å². The zero-order chi connectivity index (χ0) is 26.3. The van der Waals surface area contributed by atoms with Crippen LogP contribution in [0.2, 0.25) is 0 Å². The fourth-order valence-electron chi connectivity index (χ4n) is 4.42. The van der Waals surface area contributed by atoms with E-state index in [1.165, 1.54) is 17.1 Å². The Morgan fingerprint density at radius 1 is 1.08 bits per heavy atom. The van der Waals surface area contributed by atoms with E-state index in [1.54, 1.807) is 59.6 Å². The molecule has 0 aliphatic carbocycles. The Hall–Kier alpha value is -4.47. The maximum atomic E-state index is 14.3. The summed E-state index contributed by atoms with van der Waals surface area (Å²) in [5.74, 6) is -0.428. The molecule has 2 N–H and O–H groups in total. The SMILES string of the molecule is CC(C)Cc1cc(C(N)=O)ccc1-n1nc(C(F)(F)F)c2c(-n3cnc(-c4cccnc4)c3)cccc21. The molecule has 3 heterocycles. The summed E-state index contributed by atoms with van der Waals surface area (Å²) in [6, 6.07) is 13.2. The van der Waals surface area contributed by atoms with Crippen LogP contribution in [0.1, 0.15) is 35.5 Å². The number of nitrogens with two attached hydrogens (primary N) is 1. The lowest BCUT2D eigenvalue weighted by molar-refractivity contribution is -0.140.